The molecule has 0 fully saturated rings. The van der Waals surface area contributed by atoms with Gasteiger partial charge in [-0.25, -0.2) is 14.2 Å². The number of aromatic carboxylic acids is 1. The summed E-state index contributed by atoms with van der Waals surface area (Å²) >= 11 is 0. The number of aromatic nitrogens is 1. The Labute approximate surface area is 126 Å². The molecule has 0 amide bonds. The van der Waals surface area contributed by atoms with Crippen molar-refractivity contribution in [3.8, 4) is 11.1 Å². The molecule has 1 heterocycles. The van der Waals surface area contributed by atoms with Crippen LogP contribution in [0.2, 0.25) is 0 Å². The summed E-state index contributed by atoms with van der Waals surface area (Å²) in [5.74, 6) is -0.767. The number of carbonyl (C=O) groups is 1. The van der Waals surface area contributed by atoms with Crippen molar-refractivity contribution in [3.63, 3.8) is 0 Å². The Morgan fingerprint density at radius 2 is 1.91 bits per heavy atom. The Hall–Kier alpha value is -2.69. The number of nitrogens with zero attached hydrogens (tertiary/aromatic N) is 1. The summed E-state index contributed by atoms with van der Waals surface area (Å²) in [7, 11) is 0. The fourth-order valence-electron chi connectivity index (χ4n) is 2.26. The molecule has 3 rings (SSSR count). The molecule has 0 spiro atoms. The van der Waals surface area contributed by atoms with Crippen molar-refractivity contribution in [2.75, 3.05) is 0 Å². The highest BCUT2D eigenvalue weighted by Crippen LogP contribution is 2.32. The Balaban J connectivity index is 2.29. The predicted octanol–water partition coefficient (Wildman–Crippen LogP) is 4.46. The molecule has 2 aromatic carbocycles. The molecule has 0 bridgehead atoms. The molecule has 0 aliphatic rings. The van der Waals surface area contributed by atoms with Gasteiger partial charge in [-0.15, -0.1) is 0 Å². The number of oxazole rings is 1. The van der Waals surface area contributed by atoms with Crippen molar-refractivity contribution in [1.82, 2.24) is 4.98 Å². The highest BCUT2D eigenvalue weighted by Gasteiger charge is 2.17. The number of fused-ring (bicyclic) bond motifs is 1. The molecule has 0 radical (unpaired) electrons. The summed E-state index contributed by atoms with van der Waals surface area (Å²) in [5, 5.41) is 9.26. The van der Waals surface area contributed by atoms with Crippen LogP contribution >= 0.6 is 0 Å². The summed E-state index contributed by atoms with van der Waals surface area (Å²) in [6.07, 6.45) is 0. The minimum Gasteiger partial charge on any atom is -0.478 e. The van der Waals surface area contributed by atoms with Crippen LogP contribution in [-0.4, -0.2) is 16.1 Å². The van der Waals surface area contributed by atoms with E-state index in [-0.39, 0.29) is 17.3 Å². The second-order valence-electron chi connectivity index (χ2n) is 5.39. The van der Waals surface area contributed by atoms with Crippen molar-refractivity contribution in [1.29, 1.82) is 0 Å². The van der Waals surface area contributed by atoms with Gasteiger partial charge >= 0.3 is 5.97 Å². The number of hydrogen-bond donors (Lipinski definition) is 1. The van der Waals surface area contributed by atoms with Gasteiger partial charge in [0, 0.05) is 11.5 Å². The Bertz CT molecular complexity index is 850. The fourth-order valence-corrected chi connectivity index (χ4v) is 2.26. The monoisotopic (exact) mass is 299 g/mol. The standard InChI is InChI=1S/C17H14FNO3/c1-9(2)16-19-14-8-11(17(20)21)7-13(15(14)22-16)10-3-5-12(18)6-4-10/h3-9H,1-2H3,(H,20,21). The third-order valence-electron chi connectivity index (χ3n) is 3.40. The van der Waals surface area contributed by atoms with Gasteiger partial charge in [0.1, 0.15) is 11.3 Å². The van der Waals surface area contributed by atoms with E-state index >= 15 is 0 Å². The third kappa shape index (κ3) is 2.45. The van der Waals surface area contributed by atoms with Crippen molar-refractivity contribution >= 4 is 17.1 Å². The van der Waals surface area contributed by atoms with E-state index < -0.39 is 5.97 Å². The molecule has 1 N–H and O–H groups in total. The van der Waals surface area contributed by atoms with E-state index in [1.54, 1.807) is 12.1 Å². The first kappa shape index (κ1) is 14.3. The lowest BCUT2D eigenvalue weighted by Crippen LogP contribution is -1.96. The topological polar surface area (TPSA) is 63.3 Å². The molecule has 1 aromatic heterocycles. The van der Waals surface area contributed by atoms with Crippen molar-refractivity contribution in [3.05, 3.63) is 53.7 Å². The Morgan fingerprint density at radius 1 is 1.23 bits per heavy atom. The molecule has 0 aliphatic heterocycles. The number of carboxylic acids is 1. The Morgan fingerprint density at radius 3 is 2.50 bits per heavy atom. The molecular formula is C17H14FNO3. The summed E-state index contributed by atoms with van der Waals surface area (Å²) in [6.45, 7) is 3.89. The third-order valence-corrected chi connectivity index (χ3v) is 3.40. The maximum absolute atomic E-state index is 13.1. The second kappa shape index (κ2) is 5.26. The van der Waals surface area contributed by atoms with Crippen LogP contribution in [0.15, 0.2) is 40.8 Å². The highest BCUT2D eigenvalue weighted by molar-refractivity contribution is 5.98. The normalized spacial score (nSPS) is 11.3. The minimum absolute atomic E-state index is 0.0849. The molecule has 0 saturated heterocycles. The summed E-state index contributed by atoms with van der Waals surface area (Å²) in [4.78, 5) is 15.7. The first-order chi connectivity index (χ1) is 10.5. The molecule has 5 heteroatoms. The van der Waals surface area contributed by atoms with Gasteiger partial charge in [-0.2, -0.15) is 0 Å². The molecule has 0 saturated carbocycles. The number of halogens is 1. The van der Waals surface area contributed by atoms with Gasteiger partial charge in [0.05, 0.1) is 5.56 Å². The van der Waals surface area contributed by atoms with Crippen LogP contribution in [0.1, 0.15) is 36.0 Å². The molecule has 22 heavy (non-hydrogen) atoms. The first-order valence-corrected chi connectivity index (χ1v) is 6.89. The smallest absolute Gasteiger partial charge is 0.335 e. The lowest BCUT2D eigenvalue weighted by Gasteiger charge is -2.04. The predicted molar refractivity (Wildman–Crippen MR) is 80.5 cm³/mol. The van der Waals surface area contributed by atoms with Crippen LogP contribution in [0.3, 0.4) is 0 Å². The highest BCUT2D eigenvalue weighted by atomic mass is 19.1. The van der Waals surface area contributed by atoms with E-state index in [1.165, 1.54) is 24.3 Å². The molecule has 0 atom stereocenters. The zero-order valence-electron chi connectivity index (χ0n) is 12.1. The summed E-state index contributed by atoms with van der Waals surface area (Å²) < 4.78 is 18.9. The van der Waals surface area contributed by atoms with Crippen LogP contribution in [0, 0.1) is 5.82 Å². The van der Waals surface area contributed by atoms with Gasteiger partial charge in [0.2, 0.25) is 0 Å². The maximum atomic E-state index is 13.1. The van der Waals surface area contributed by atoms with Gasteiger partial charge in [0.15, 0.2) is 11.5 Å². The summed E-state index contributed by atoms with van der Waals surface area (Å²) in [6, 6.07) is 8.84. The van der Waals surface area contributed by atoms with Crippen LogP contribution in [-0.2, 0) is 0 Å². The van der Waals surface area contributed by atoms with E-state index in [2.05, 4.69) is 4.98 Å². The van der Waals surface area contributed by atoms with Gasteiger partial charge in [-0.1, -0.05) is 26.0 Å². The molecule has 112 valence electrons. The van der Waals surface area contributed by atoms with Crippen LogP contribution in [0.4, 0.5) is 4.39 Å². The van der Waals surface area contributed by atoms with Gasteiger partial charge in [-0.05, 0) is 29.8 Å². The molecule has 3 aromatic rings. The van der Waals surface area contributed by atoms with E-state index in [4.69, 9.17) is 4.42 Å². The number of benzene rings is 2. The number of hydrogen-bond acceptors (Lipinski definition) is 3. The average molecular weight is 299 g/mol. The molecule has 0 aliphatic carbocycles. The Kier molecular flexibility index (Phi) is 3.41. The van der Waals surface area contributed by atoms with E-state index in [9.17, 15) is 14.3 Å². The zero-order valence-corrected chi connectivity index (χ0v) is 12.1. The second-order valence-corrected chi connectivity index (χ2v) is 5.39. The van der Waals surface area contributed by atoms with Crippen molar-refractivity contribution < 1.29 is 18.7 Å². The number of carboxylic acid groups (broad SMARTS) is 1. The van der Waals surface area contributed by atoms with Crippen LogP contribution in [0.25, 0.3) is 22.2 Å². The maximum Gasteiger partial charge on any atom is 0.335 e. The fraction of sp³-hybridized carbons (Fsp3) is 0.176. The molecule has 4 nitrogen and oxygen atoms in total. The summed E-state index contributed by atoms with van der Waals surface area (Å²) in [5.41, 5.74) is 2.40. The lowest BCUT2D eigenvalue weighted by molar-refractivity contribution is 0.0697. The van der Waals surface area contributed by atoms with E-state index in [0.717, 1.165) is 0 Å². The van der Waals surface area contributed by atoms with Crippen molar-refractivity contribution in [2.45, 2.75) is 19.8 Å². The van der Waals surface area contributed by atoms with Gasteiger partial charge in [0.25, 0.3) is 0 Å². The molecule has 0 unspecified atom stereocenters. The number of rotatable bonds is 3. The zero-order chi connectivity index (χ0) is 15.9. The quantitative estimate of drug-likeness (QED) is 0.775. The van der Waals surface area contributed by atoms with E-state index in [0.29, 0.717) is 28.1 Å². The minimum atomic E-state index is -1.04. The van der Waals surface area contributed by atoms with Crippen molar-refractivity contribution in [2.24, 2.45) is 0 Å². The van der Waals surface area contributed by atoms with Crippen LogP contribution in [0.5, 0.6) is 0 Å². The van der Waals surface area contributed by atoms with E-state index in [1.807, 2.05) is 13.8 Å². The lowest BCUT2D eigenvalue weighted by atomic mass is 10.0. The molecular weight excluding hydrogens is 285 g/mol. The van der Waals surface area contributed by atoms with Gasteiger partial charge < -0.3 is 9.52 Å². The first-order valence-electron chi connectivity index (χ1n) is 6.89. The average Bonchev–Trinajstić information content (AvgIpc) is 2.91. The SMILES string of the molecule is CC(C)c1nc2cc(C(=O)O)cc(-c3ccc(F)cc3)c2o1. The van der Waals surface area contributed by atoms with Gasteiger partial charge in [-0.3, -0.25) is 0 Å². The van der Waals surface area contributed by atoms with Crippen LogP contribution < -0.4 is 0 Å². The largest absolute Gasteiger partial charge is 0.478 e.